The van der Waals surface area contributed by atoms with Gasteiger partial charge in [0.25, 0.3) is 11.5 Å². The number of aromatic amines is 1. The van der Waals surface area contributed by atoms with Crippen molar-refractivity contribution in [2.75, 3.05) is 26.7 Å². The number of amides is 1. The fourth-order valence-corrected chi connectivity index (χ4v) is 4.84. The number of ether oxygens (including phenoxy) is 1. The Balaban J connectivity index is 1.48. The molecule has 0 aliphatic carbocycles. The standard InChI is InChI=1S/C23H21N5O3S/c1-31-18-8-3-2-6-14(18)17-12-28(11-10-25-17)23(30)15-13-32-20-19(15)26-21(27-22(20)29)16-7-4-5-9-24-16/h2-9,13,17,25H,10-12H2,1H3,(H,26,27,29). The predicted octanol–water partition coefficient (Wildman–Crippen LogP) is 2.84. The molecule has 1 unspecified atom stereocenters. The summed E-state index contributed by atoms with van der Waals surface area (Å²) in [6.45, 7) is 1.72. The van der Waals surface area contributed by atoms with E-state index in [4.69, 9.17) is 4.74 Å². The molecule has 0 radical (unpaired) electrons. The van der Waals surface area contributed by atoms with Gasteiger partial charge in [0, 0.05) is 36.8 Å². The summed E-state index contributed by atoms with van der Waals surface area (Å²) in [6.07, 6.45) is 1.64. The lowest BCUT2D eigenvalue weighted by Gasteiger charge is -2.34. The Hall–Kier alpha value is -3.56. The van der Waals surface area contributed by atoms with Crippen molar-refractivity contribution in [2.24, 2.45) is 0 Å². The van der Waals surface area contributed by atoms with E-state index in [1.165, 1.54) is 11.3 Å². The number of pyridine rings is 1. The van der Waals surface area contributed by atoms with Gasteiger partial charge in [-0.25, -0.2) is 4.98 Å². The number of hydrogen-bond donors (Lipinski definition) is 2. The van der Waals surface area contributed by atoms with Gasteiger partial charge in [0.2, 0.25) is 0 Å². The lowest BCUT2D eigenvalue weighted by Crippen LogP contribution is -2.48. The third-order valence-corrected chi connectivity index (χ3v) is 6.51. The van der Waals surface area contributed by atoms with Gasteiger partial charge < -0.3 is 19.9 Å². The number of methoxy groups -OCH3 is 1. The van der Waals surface area contributed by atoms with Gasteiger partial charge >= 0.3 is 0 Å². The van der Waals surface area contributed by atoms with Crippen LogP contribution in [-0.2, 0) is 0 Å². The quantitative estimate of drug-likeness (QED) is 0.499. The highest BCUT2D eigenvalue weighted by Crippen LogP contribution is 2.29. The number of H-pyrrole nitrogens is 1. The Labute approximate surface area is 187 Å². The summed E-state index contributed by atoms with van der Waals surface area (Å²) in [4.78, 5) is 39.5. The first-order valence-corrected chi connectivity index (χ1v) is 11.1. The van der Waals surface area contributed by atoms with E-state index in [1.54, 1.807) is 35.7 Å². The summed E-state index contributed by atoms with van der Waals surface area (Å²) in [5.41, 5.74) is 2.14. The van der Waals surface area contributed by atoms with Gasteiger partial charge in [0.1, 0.15) is 21.7 Å². The van der Waals surface area contributed by atoms with Crippen molar-refractivity contribution >= 4 is 27.5 Å². The highest BCUT2D eigenvalue weighted by molar-refractivity contribution is 7.17. The van der Waals surface area contributed by atoms with Crippen LogP contribution in [0.15, 0.2) is 58.8 Å². The zero-order chi connectivity index (χ0) is 22.1. The molecule has 3 aromatic heterocycles. The number of nitrogens with zero attached hydrogens (tertiary/aromatic N) is 3. The number of nitrogens with one attached hydrogen (secondary N) is 2. The topological polar surface area (TPSA) is 100 Å². The minimum atomic E-state index is -0.271. The Morgan fingerprint density at radius 2 is 2.06 bits per heavy atom. The number of fused-ring (bicyclic) bond motifs is 1. The molecule has 1 aromatic carbocycles. The number of rotatable bonds is 4. The summed E-state index contributed by atoms with van der Waals surface area (Å²) < 4.78 is 5.93. The zero-order valence-electron chi connectivity index (χ0n) is 17.4. The van der Waals surface area contributed by atoms with Crippen molar-refractivity contribution in [3.8, 4) is 17.3 Å². The van der Waals surface area contributed by atoms with Gasteiger partial charge in [-0.05, 0) is 18.2 Å². The van der Waals surface area contributed by atoms with Crippen LogP contribution in [0.1, 0.15) is 22.0 Å². The molecule has 1 fully saturated rings. The normalized spacial score (nSPS) is 16.3. The fraction of sp³-hybridized carbons (Fsp3) is 0.217. The minimum Gasteiger partial charge on any atom is -0.496 e. The SMILES string of the molecule is COc1ccccc1C1CN(C(=O)c2csc3c(=O)[nH]c(-c4ccccn4)nc23)CCN1. The summed E-state index contributed by atoms with van der Waals surface area (Å²) >= 11 is 1.23. The van der Waals surface area contributed by atoms with Gasteiger partial charge in [-0.15, -0.1) is 11.3 Å². The largest absolute Gasteiger partial charge is 0.496 e. The summed E-state index contributed by atoms with van der Waals surface area (Å²) in [6, 6.07) is 13.1. The van der Waals surface area contributed by atoms with Crippen molar-refractivity contribution in [1.29, 1.82) is 0 Å². The van der Waals surface area contributed by atoms with E-state index in [0.717, 1.165) is 11.3 Å². The molecular weight excluding hydrogens is 426 g/mol. The van der Waals surface area contributed by atoms with E-state index < -0.39 is 0 Å². The van der Waals surface area contributed by atoms with Crippen LogP contribution in [0.2, 0.25) is 0 Å². The Morgan fingerprint density at radius 1 is 1.22 bits per heavy atom. The number of thiophene rings is 1. The number of hydrogen-bond acceptors (Lipinski definition) is 7. The van der Waals surface area contributed by atoms with E-state index in [1.807, 2.05) is 30.3 Å². The van der Waals surface area contributed by atoms with Gasteiger partial charge in [-0.2, -0.15) is 0 Å². The Kier molecular flexibility index (Phi) is 5.42. The lowest BCUT2D eigenvalue weighted by atomic mass is 10.0. The molecule has 1 saturated heterocycles. The van der Waals surface area contributed by atoms with E-state index in [0.29, 0.717) is 46.9 Å². The average molecular weight is 448 g/mol. The van der Waals surface area contributed by atoms with Crippen LogP contribution in [0.5, 0.6) is 5.75 Å². The third kappa shape index (κ3) is 3.65. The van der Waals surface area contributed by atoms with E-state index in [-0.39, 0.29) is 17.5 Å². The molecular formula is C23H21N5O3S. The van der Waals surface area contributed by atoms with Crippen LogP contribution < -0.4 is 15.6 Å². The molecule has 4 heterocycles. The first kappa shape index (κ1) is 20.3. The van der Waals surface area contributed by atoms with Crippen LogP contribution in [-0.4, -0.2) is 52.5 Å². The molecule has 162 valence electrons. The van der Waals surface area contributed by atoms with Crippen molar-refractivity contribution in [3.05, 3.63) is 75.5 Å². The molecule has 8 nitrogen and oxygen atoms in total. The maximum absolute atomic E-state index is 13.5. The molecule has 2 N–H and O–H groups in total. The zero-order valence-corrected chi connectivity index (χ0v) is 18.2. The average Bonchev–Trinajstić information content (AvgIpc) is 3.29. The Bertz CT molecular complexity index is 1330. The second-order valence-corrected chi connectivity index (χ2v) is 8.34. The maximum Gasteiger partial charge on any atom is 0.269 e. The molecule has 1 amide bonds. The third-order valence-electron chi connectivity index (χ3n) is 5.54. The van der Waals surface area contributed by atoms with Crippen LogP contribution >= 0.6 is 11.3 Å². The predicted molar refractivity (Wildman–Crippen MR) is 123 cm³/mol. The molecule has 9 heteroatoms. The van der Waals surface area contributed by atoms with Crippen molar-refractivity contribution < 1.29 is 9.53 Å². The highest BCUT2D eigenvalue weighted by Gasteiger charge is 2.29. The fourth-order valence-electron chi connectivity index (χ4n) is 3.97. The van der Waals surface area contributed by atoms with Crippen LogP contribution in [0.3, 0.4) is 0 Å². The molecule has 1 aliphatic rings. The number of aromatic nitrogens is 3. The maximum atomic E-state index is 13.5. The number of carbonyl (C=O) groups excluding carboxylic acids is 1. The lowest BCUT2D eigenvalue weighted by molar-refractivity contribution is 0.0704. The van der Waals surface area contributed by atoms with Gasteiger partial charge in [-0.3, -0.25) is 14.6 Å². The first-order chi connectivity index (χ1) is 15.7. The summed E-state index contributed by atoms with van der Waals surface area (Å²) in [5, 5.41) is 5.19. The van der Waals surface area contributed by atoms with Crippen molar-refractivity contribution in [1.82, 2.24) is 25.2 Å². The first-order valence-electron chi connectivity index (χ1n) is 10.2. The van der Waals surface area contributed by atoms with E-state index in [2.05, 4.69) is 20.3 Å². The van der Waals surface area contributed by atoms with Gasteiger partial charge in [-0.1, -0.05) is 24.3 Å². The number of carbonyl (C=O) groups is 1. The van der Waals surface area contributed by atoms with E-state index >= 15 is 0 Å². The second kappa shape index (κ2) is 8.52. The van der Waals surface area contributed by atoms with Crippen LogP contribution in [0.4, 0.5) is 0 Å². The molecule has 4 aromatic rings. The molecule has 32 heavy (non-hydrogen) atoms. The van der Waals surface area contributed by atoms with Crippen LogP contribution in [0.25, 0.3) is 21.7 Å². The summed E-state index contributed by atoms with van der Waals surface area (Å²) in [5.74, 6) is 0.999. The molecule has 0 bridgehead atoms. The van der Waals surface area contributed by atoms with Crippen LogP contribution in [0, 0.1) is 0 Å². The number of benzene rings is 1. The molecule has 5 rings (SSSR count). The monoisotopic (exact) mass is 447 g/mol. The molecule has 0 saturated carbocycles. The van der Waals surface area contributed by atoms with Crippen molar-refractivity contribution in [3.63, 3.8) is 0 Å². The number of piperazine rings is 1. The smallest absolute Gasteiger partial charge is 0.269 e. The highest BCUT2D eigenvalue weighted by atomic mass is 32.1. The Morgan fingerprint density at radius 3 is 2.88 bits per heavy atom. The molecule has 1 atom stereocenters. The van der Waals surface area contributed by atoms with Crippen molar-refractivity contribution in [2.45, 2.75) is 6.04 Å². The van der Waals surface area contributed by atoms with Gasteiger partial charge in [0.15, 0.2) is 5.82 Å². The number of para-hydroxylation sites is 1. The summed E-state index contributed by atoms with van der Waals surface area (Å²) in [7, 11) is 1.64. The minimum absolute atomic E-state index is 0.0470. The van der Waals surface area contributed by atoms with E-state index in [9.17, 15) is 9.59 Å². The molecule has 0 spiro atoms. The second-order valence-electron chi connectivity index (χ2n) is 7.46. The van der Waals surface area contributed by atoms with Gasteiger partial charge in [0.05, 0.1) is 18.7 Å². The molecule has 1 aliphatic heterocycles.